The SMILES string of the molecule is CCOC1CC(N)(C(=O)N(C)CC(=O)Nc2cccc(C)c2C)C1(C)C. The molecule has 2 unspecified atom stereocenters. The summed E-state index contributed by atoms with van der Waals surface area (Å²) in [4.78, 5) is 26.7. The first-order valence-corrected chi connectivity index (χ1v) is 9.06. The van der Waals surface area contributed by atoms with E-state index in [0.29, 0.717) is 13.0 Å². The molecule has 3 N–H and O–H groups in total. The van der Waals surface area contributed by atoms with Gasteiger partial charge in [-0.05, 0) is 38.0 Å². The molecule has 2 rings (SSSR count). The lowest BCUT2D eigenvalue weighted by atomic mass is 9.54. The monoisotopic (exact) mass is 361 g/mol. The van der Waals surface area contributed by atoms with Crippen molar-refractivity contribution in [2.24, 2.45) is 11.1 Å². The van der Waals surface area contributed by atoms with Gasteiger partial charge in [-0.1, -0.05) is 26.0 Å². The molecular formula is C20H31N3O3. The molecule has 1 fully saturated rings. The van der Waals surface area contributed by atoms with Crippen molar-refractivity contribution in [3.63, 3.8) is 0 Å². The van der Waals surface area contributed by atoms with Crippen molar-refractivity contribution in [1.82, 2.24) is 4.90 Å². The predicted octanol–water partition coefficient (Wildman–Crippen LogP) is 2.23. The van der Waals surface area contributed by atoms with E-state index in [4.69, 9.17) is 10.5 Å². The quantitative estimate of drug-likeness (QED) is 0.814. The number of ether oxygens (including phenoxy) is 1. The normalized spacial score (nSPS) is 23.9. The average molecular weight is 361 g/mol. The molecule has 6 nitrogen and oxygen atoms in total. The van der Waals surface area contributed by atoms with Gasteiger partial charge >= 0.3 is 0 Å². The number of carbonyl (C=O) groups is 2. The van der Waals surface area contributed by atoms with Crippen molar-refractivity contribution in [1.29, 1.82) is 0 Å². The number of hydrogen-bond acceptors (Lipinski definition) is 4. The van der Waals surface area contributed by atoms with Crippen molar-refractivity contribution in [3.05, 3.63) is 29.3 Å². The third-order valence-electron chi connectivity index (χ3n) is 5.82. The minimum Gasteiger partial charge on any atom is -0.378 e. The van der Waals surface area contributed by atoms with Crippen LogP contribution in [0.4, 0.5) is 5.69 Å². The van der Waals surface area contributed by atoms with Crippen molar-refractivity contribution in [2.75, 3.05) is 25.5 Å². The second-order valence-corrected chi connectivity index (χ2v) is 7.80. The standard InChI is InChI=1S/C20H31N3O3/c1-7-26-16-11-20(21,19(16,4)5)18(25)23(6)12-17(24)22-15-10-8-9-13(2)14(15)3/h8-10,16H,7,11-12,21H2,1-6H3,(H,22,24). The minimum absolute atomic E-state index is 0.0411. The third kappa shape index (κ3) is 3.48. The van der Waals surface area contributed by atoms with Crippen LogP contribution in [0, 0.1) is 19.3 Å². The molecule has 0 spiro atoms. The van der Waals surface area contributed by atoms with E-state index in [9.17, 15) is 9.59 Å². The van der Waals surface area contributed by atoms with Gasteiger partial charge in [0.2, 0.25) is 11.8 Å². The van der Waals surface area contributed by atoms with Gasteiger partial charge in [0, 0.05) is 31.2 Å². The summed E-state index contributed by atoms with van der Waals surface area (Å²) >= 11 is 0. The van der Waals surface area contributed by atoms with E-state index in [1.807, 2.05) is 52.8 Å². The molecule has 6 heteroatoms. The van der Waals surface area contributed by atoms with E-state index in [0.717, 1.165) is 16.8 Å². The smallest absolute Gasteiger partial charge is 0.243 e. The average Bonchev–Trinajstić information content (AvgIpc) is 2.57. The maximum atomic E-state index is 12.9. The molecule has 2 atom stereocenters. The first-order valence-electron chi connectivity index (χ1n) is 9.06. The zero-order valence-electron chi connectivity index (χ0n) is 16.7. The van der Waals surface area contributed by atoms with Crippen LogP contribution in [-0.2, 0) is 14.3 Å². The van der Waals surface area contributed by atoms with Gasteiger partial charge in [-0.15, -0.1) is 0 Å². The van der Waals surface area contributed by atoms with Crippen LogP contribution in [0.15, 0.2) is 18.2 Å². The number of likely N-dealkylation sites (N-methyl/N-ethyl adjacent to an activating group) is 1. The summed E-state index contributed by atoms with van der Waals surface area (Å²) in [6, 6.07) is 5.74. The molecule has 0 saturated heterocycles. The van der Waals surface area contributed by atoms with Crippen LogP contribution in [0.5, 0.6) is 0 Å². The van der Waals surface area contributed by atoms with Gasteiger partial charge < -0.3 is 20.7 Å². The largest absolute Gasteiger partial charge is 0.378 e. The Morgan fingerprint density at radius 2 is 2.00 bits per heavy atom. The first kappa shape index (κ1) is 20.4. The molecule has 0 bridgehead atoms. The number of nitrogens with zero attached hydrogens (tertiary/aromatic N) is 1. The van der Waals surface area contributed by atoms with Gasteiger partial charge in [-0.25, -0.2) is 0 Å². The Morgan fingerprint density at radius 1 is 1.35 bits per heavy atom. The van der Waals surface area contributed by atoms with Gasteiger partial charge in [-0.3, -0.25) is 9.59 Å². The van der Waals surface area contributed by atoms with E-state index >= 15 is 0 Å². The summed E-state index contributed by atoms with van der Waals surface area (Å²) in [6.07, 6.45) is 0.425. The number of carbonyl (C=O) groups excluding carboxylic acids is 2. The van der Waals surface area contributed by atoms with Crippen LogP contribution in [-0.4, -0.2) is 48.6 Å². The highest BCUT2D eigenvalue weighted by atomic mass is 16.5. The maximum Gasteiger partial charge on any atom is 0.243 e. The van der Waals surface area contributed by atoms with Crippen LogP contribution in [0.3, 0.4) is 0 Å². The Labute approximate surface area is 156 Å². The fraction of sp³-hybridized carbons (Fsp3) is 0.600. The number of amides is 2. The summed E-state index contributed by atoms with van der Waals surface area (Å²) in [7, 11) is 1.61. The fourth-order valence-electron chi connectivity index (χ4n) is 3.50. The van der Waals surface area contributed by atoms with E-state index in [1.54, 1.807) is 7.05 Å². The molecule has 0 aromatic heterocycles. The van der Waals surface area contributed by atoms with Crippen molar-refractivity contribution in [2.45, 2.75) is 52.7 Å². The highest BCUT2D eigenvalue weighted by Crippen LogP contribution is 2.50. The van der Waals surface area contributed by atoms with Crippen LogP contribution in [0.25, 0.3) is 0 Å². The molecule has 0 aliphatic heterocycles. The number of aryl methyl sites for hydroxylation is 1. The van der Waals surface area contributed by atoms with Crippen LogP contribution >= 0.6 is 0 Å². The molecule has 26 heavy (non-hydrogen) atoms. The molecule has 2 amide bonds. The zero-order chi connectivity index (χ0) is 19.7. The van der Waals surface area contributed by atoms with Gasteiger partial charge in [0.1, 0.15) is 5.54 Å². The van der Waals surface area contributed by atoms with Crippen molar-refractivity contribution < 1.29 is 14.3 Å². The Bertz CT molecular complexity index is 702. The van der Waals surface area contributed by atoms with Crippen molar-refractivity contribution in [3.8, 4) is 0 Å². The highest BCUT2D eigenvalue weighted by Gasteiger charge is 2.63. The molecule has 0 radical (unpaired) electrons. The molecule has 144 valence electrons. The van der Waals surface area contributed by atoms with Gasteiger partial charge in [0.25, 0.3) is 0 Å². The molecule has 1 aromatic carbocycles. The molecule has 1 aliphatic carbocycles. The van der Waals surface area contributed by atoms with E-state index < -0.39 is 11.0 Å². The predicted molar refractivity (Wildman–Crippen MR) is 103 cm³/mol. The number of anilines is 1. The Morgan fingerprint density at radius 3 is 2.58 bits per heavy atom. The Kier molecular flexibility index (Phi) is 5.78. The van der Waals surface area contributed by atoms with Gasteiger partial charge in [-0.2, -0.15) is 0 Å². The zero-order valence-corrected chi connectivity index (χ0v) is 16.7. The third-order valence-corrected chi connectivity index (χ3v) is 5.82. The number of rotatable bonds is 6. The number of benzene rings is 1. The topological polar surface area (TPSA) is 84.7 Å². The fourth-order valence-corrected chi connectivity index (χ4v) is 3.50. The lowest BCUT2D eigenvalue weighted by molar-refractivity contribution is -0.178. The summed E-state index contributed by atoms with van der Waals surface area (Å²) in [6.45, 7) is 10.3. The minimum atomic E-state index is -1.01. The van der Waals surface area contributed by atoms with E-state index in [1.165, 1.54) is 4.90 Å². The summed E-state index contributed by atoms with van der Waals surface area (Å²) in [5.41, 5.74) is 7.81. The van der Waals surface area contributed by atoms with Crippen LogP contribution < -0.4 is 11.1 Å². The molecule has 1 aromatic rings. The highest BCUT2D eigenvalue weighted by molar-refractivity contribution is 5.97. The lowest BCUT2D eigenvalue weighted by Gasteiger charge is -2.58. The first-order chi connectivity index (χ1) is 12.0. The lowest BCUT2D eigenvalue weighted by Crippen LogP contribution is -2.76. The second-order valence-electron chi connectivity index (χ2n) is 7.80. The van der Waals surface area contributed by atoms with Crippen molar-refractivity contribution >= 4 is 17.5 Å². The molecular weight excluding hydrogens is 330 g/mol. The molecule has 0 heterocycles. The maximum absolute atomic E-state index is 12.9. The number of hydrogen-bond donors (Lipinski definition) is 2. The molecule has 1 aliphatic rings. The van der Waals surface area contributed by atoms with E-state index in [-0.39, 0.29) is 24.5 Å². The Balaban J connectivity index is 2.01. The van der Waals surface area contributed by atoms with Gasteiger partial charge in [0.15, 0.2) is 0 Å². The van der Waals surface area contributed by atoms with Crippen LogP contribution in [0.1, 0.15) is 38.3 Å². The number of nitrogens with one attached hydrogen (secondary N) is 1. The van der Waals surface area contributed by atoms with Gasteiger partial charge in [0.05, 0.1) is 12.6 Å². The molecule has 1 saturated carbocycles. The summed E-state index contributed by atoms with van der Waals surface area (Å²) in [5.74, 6) is -0.466. The van der Waals surface area contributed by atoms with Crippen LogP contribution in [0.2, 0.25) is 0 Å². The second kappa shape index (κ2) is 7.37. The summed E-state index contributed by atoms with van der Waals surface area (Å²) < 4.78 is 5.67. The summed E-state index contributed by atoms with van der Waals surface area (Å²) in [5, 5.41) is 2.88. The Hall–Kier alpha value is -1.92. The number of nitrogens with two attached hydrogens (primary N) is 1. The van der Waals surface area contributed by atoms with E-state index in [2.05, 4.69) is 5.32 Å².